The maximum Gasteiger partial charge on any atom is 0.246 e. The highest BCUT2D eigenvalue weighted by Gasteiger charge is 2.70. The molecule has 11 heteroatoms. The van der Waals surface area contributed by atoms with Gasteiger partial charge >= 0.3 is 0 Å². The van der Waals surface area contributed by atoms with Crippen molar-refractivity contribution >= 4 is 85.1 Å². The van der Waals surface area contributed by atoms with Gasteiger partial charge in [0.25, 0.3) is 0 Å². The number of carbonyl (C=O) groups excluding carboxylic acids is 4. The van der Waals surface area contributed by atoms with Crippen LogP contribution in [0.5, 0.6) is 11.5 Å². The van der Waals surface area contributed by atoms with Gasteiger partial charge in [0, 0.05) is 14.5 Å². The molecule has 4 aromatic carbocycles. The molecule has 3 fully saturated rings. The Morgan fingerprint density at radius 1 is 0.860 bits per heavy atom. The number of imide groups is 2. The first-order chi connectivity index (χ1) is 24.1. The molecule has 8 rings (SSSR count). The Hall–Kier alpha value is -4.00. The molecule has 50 heavy (non-hydrogen) atoms. The second-order valence-electron chi connectivity index (χ2n) is 13.1. The van der Waals surface area contributed by atoms with Crippen LogP contribution in [0.3, 0.4) is 0 Å². The number of fused-ring (bicyclic) bond motifs is 4. The summed E-state index contributed by atoms with van der Waals surface area (Å²) in [6.07, 6.45) is 2.48. The molecule has 2 saturated heterocycles. The molecule has 0 unspecified atom stereocenters. The van der Waals surface area contributed by atoms with Crippen molar-refractivity contribution in [3.63, 3.8) is 0 Å². The highest BCUT2D eigenvalue weighted by molar-refractivity contribution is 14.1. The third-order valence-electron chi connectivity index (χ3n) is 10.9. The van der Waals surface area contributed by atoms with Crippen LogP contribution in [0.1, 0.15) is 29.9 Å². The van der Waals surface area contributed by atoms with Gasteiger partial charge in [0.05, 0.1) is 46.1 Å². The van der Waals surface area contributed by atoms with E-state index in [1.54, 1.807) is 48.5 Å². The fraction of sp³-hybridized carbons (Fsp3) is 0.231. The summed E-state index contributed by atoms with van der Waals surface area (Å²) in [5, 5.41) is 11.2. The van der Waals surface area contributed by atoms with Crippen LogP contribution >= 0.6 is 50.1 Å². The minimum Gasteiger partial charge on any atom is -0.503 e. The number of anilines is 2. The van der Waals surface area contributed by atoms with Gasteiger partial charge in [-0.3, -0.25) is 24.1 Å². The van der Waals surface area contributed by atoms with Crippen molar-refractivity contribution in [1.82, 2.24) is 0 Å². The minimum atomic E-state index is -1.45. The molecule has 2 aliphatic carbocycles. The van der Waals surface area contributed by atoms with E-state index in [4.69, 9.17) is 16.3 Å². The molecule has 1 saturated carbocycles. The van der Waals surface area contributed by atoms with Gasteiger partial charge in [-0.15, -0.1) is 0 Å². The number of hydrogen-bond acceptors (Lipinski definition) is 6. The number of halogens is 3. The zero-order valence-corrected chi connectivity index (χ0v) is 31.1. The number of hydrogen-bond donors (Lipinski definition) is 1. The Morgan fingerprint density at radius 3 is 2.30 bits per heavy atom. The Balaban J connectivity index is 1.37. The zero-order chi connectivity index (χ0) is 35.1. The number of methoxy groups -OCH3 is 1. The maximum atomic E-state index is 15.4. The van der Waals surface area contributed by atoms with Crippen LogP contribution in [-0.4, -0.2) is 35.8 Å². The Bertz CT molecular complexity index is 2140. The topological polar surface area (TPSA) is 104 Å². The van der Waals surface area contributed by atoms with E-state index in [0.717, 1.165) is 9.14 Å². The van der Waals surface area contributed by atoms with Crippen molar-refractivity contribution < 1.29 is 29.0 Å². The second-order valence-corrected chi connectivity index (χ2v) is 15.7. The highest BCUT2D eigenvalue weighted by atomic mass is 127. The lowest BCUT2D eigenvalue weighted by Crippen LogP contribution is -2.53. The van der Waals surface area contributed by atoms with Gasteiger partial charge in [-0.1, -0.05) is 59.6 Å². The van der Waals surface area contributed by atoms with Crippen molar-refractivity contribution in [2.45, 2.75) is 24.2 Å². The largest absolute Gasteiger partial charge is 0.503 e. The van der Waals surface area contributed by atoms with Crippen LogP contribution in [0, 0.1) is 27.2 Å². The summed E-state index contributed by atoms with van der Waals surface area (Å²) in [4.78, 5) is 61.3. The second kappa shape index (κ2) is 12.3. The molecular weight excluding hydrogens is 835 g/mol. The number of phenols is 1. The summed E-state index contributed by atoms with van der Waals surface area (Å²) in [6, 6.07) is 26.7. The molecule has 0 aromatic heterocycles. The lowest BCUT2D eigenvalue weighted by Gasteiger charge is -2.50. The van der Waals surface area contributed by atoms with E-state index in [0.29, 0.717) is 38.4 Å². The number of phenolic OH excluding ortho intramolecular Hbond substituents is 1. The zero-order valence-electron chi connectivity index (χ0n) is 26.6. The van der Waals surface area contributed by atoms with E-state index in [2.05, 4.69) is 38.5 Å². The summed E-state index contributed by atoms with van der Waals surface area (Å²) in [5.74, 6) is -4.86. The summed E-state index contributed by atoms with van der Waals surface area (Å²) >= 11 is 12.1. The quantitative estimate of drug-likeness (QED) is 0.125. The van der Waals surface area contributed by atoms with E-state index < -0.39 is 46.8 Å². The third kappa shape index (κ3) is 4.74. The van der Waals surface area contributed by atoms with Gasteiger partial charge in [-0.05, 0) is 123 Å². The molecule has 8 nitrogen and oxygen atoms in total. The van der Waals surface area contributed by atoms with Crippen molar-refractivity contribution in [2.75, 3.05) is 16.9 Å². The molecule has 4 aromatic rings. The lowest BCUT2D eigenvalue weighted by molar-refractivity contribution is -0.127. The van der Waals surface area contributed by atoms with Gasteiger partial charge in [0.2, 0.25) is 23.6 Å². The number of nitrogens with zero attached hydrogens (tertiary/aromatic N) is 2. The van der Waals surface area contributed by atoms with Gasteiger partial charge in [-0.25, -0.2) is 4.90 Å². The Labute approximate surface area is 315 Å². The standard InChI is InChI=1S/C39H29BrClIN2O6/c1-50-31-17-20(16-30(40)34(31)45)33-26-14-15-27-32(37(48)43(35(27)46)24-12-10-23(42)11-13-24)28(26)19-29-36(47)44(25-9-5-8-22(41)18-25)38(49)39(29,33)21-6-3-2-4-7-21/h2-14,16-18,27-29,32-33,45H,15,19H2,1H3/t27-,28+,29-,32-,33-,39+/m0/s1. The van der Waals surface area contributed by atoms with Crippen molar-refractivity contribution in [3.05, 3.63) is 127 Å². The molecule has 6 atom stereocenters. The normalized spacial score (nSPS) is 27.2. The fourth-order valence-electron chi connectivity index (χ4n) is 8.88. The molecule has 2 aliphatic heterocycles. The number of aromatic hydroxyl groups is 1. The molecule has 4 aliphatic rings. The molecule has 4 amide bonds. The van der Waals surface area contributed by atoms with E-state index in [9.17, 15) is 19.5 Å². The number of ether oxygens (including phenoxy) is 1. The summed E-state index contributed by atoms with van der Waals surface area (Å²) in [6.45, 7) is 0. The van der Waals surface area contributed by atoms with E-state index in [-0.39, 0.29) is 29.7 Å². The molecule has 1 N–H and O–H groups in total. The predicted octanol–water partition coefficient (Wildman–Crippen LogP) is 7.79. The third-order valence-corrected chi connectivity index (χ3v) is 12.4. The van der Waals surface area contributed by atoms with Gasteiger partial charge < -0.3 is 9.84 Å². The fourth-order valence-corrected chi connectivity index (χ4v) is 9.88. The molecule has 0 bridgehead atoms. The van der Waals surface area contributed by atoms with Crippen LogP contribution < -0.4 is 14.5 Å². The van der Waals surface area contributed by atoms with Crippen LogP contribution in [0.15, 0.2) is 107 Å². The Morgan fingerprint density at radius 2 is 1.60 bits per heavy atom. The van der Waals surface area contributed by atoms with Gasteiger partial charge in [0.15, 0.2) is 11.5 Å². The van der Waals surface area contributed by atoms with Crippen LogP contribution in [-0.2, 0) is 24.6 Å². The van der Waals surface area contributed by atoms with Crippen LogP contribution in [0.2, 0.25) is 5.02 Å². The first-order valence-corrected chi connectivity index (χ1v) is 18.4. The molecule has 0 spiro atoms. The van der Waals surface area contributed by atoms with E-state index in [1.807, 2.05) is 48.5 Å². The first kappa shape index (κ1) is 33.2. The Kier molecular flexibility index (Phi) is 8.19. The number of allylic oxidation sites excluding steroid dienone is 2. The van der Waals surface area contributed by atoms with Crippen molar-refractivity contribution in [3.8, 4) is 11.5 Å². The predicted molar refractivity (Wildman–Crippen MR) is 200 cm³/mol. The maximum absolute atomic E-state index is 15.4. The highest BCUT2D eigenvalue weighted by Crippen LogP contribution is 2.65. The average molecular weight is 864 g/mol. The lowest BCUT2D eigenvalue weighted by atomic mass is 9.49. The van der Waals surface area contributed by atoms with Crippen LogP contribution in [0.4, 0.5) is 11.4 Å². The van der Waals surface area contributed by atoms with E-state index in [1.165, 1.54) is 16.9 Å². The van der Waals surface area contributed by atoms with Crippen molar-refractivity contribution in [1.29, 1.82) is 0 Å². The number of rotatable bonds is 5. The minimum absolute atomic E-state index is 0.106. The summed E-state index contributed by atoms with van der Waals surface area (Å²) in [7, 11) is 1.45. The molecule has 2 heterocycles. The monoisotopic (exact) mass is 862 g/mol. The van der Waals surface area contributed by atoms with Crippen LogP contribution in [0.25, 0.3) is 0 Å². The average Bonchev–Trinajstić information content (AvgIpc) is 3.50. The molecule has 252 valence electrons. The SMILES string of the molecule is COc1cc([C@H]2C3=CC[C@@H]4C(=O)N(c5ccc(I)cc5)C(=O)[C@@H]4[C@@H]3C[C@H]3C(=O)N(c4cccc(Cl)c4)C(=O)[C@@]23c2ccccc2)cc(Br)c1O. The van der Waals surface area contributed by atoms with Crippen molar-refractivity contribution in [2.24, 2.45) is 23.7 Å². The summed E-state index contributed by atoms with van der Waals surface area (Å²) < 4.78 is 6.91. The number of benzene rings is 4. The van der Waals surface area contributed by atoms with E-state index >= 15 is 4.79 Å². The van der Waals surface area contributed by atoms with Gasteiger partial charge in [0.1, 0.15) is 0 Å². The first-order valence-electron chi connectivity index (χ1n) is 16.2. The van der Waals surface area contributed by atoms with Gasteiger partial charge in [-0.2, -0.15) is 0 Å². The smallest absolute Gasteiger partial charge is 0.246 e. The summed E-state index contributed by atoms with van der Waals surface area (Å²) in [5.41, 5.74) is 1.50. The molecule has 0 radical (unpaired) electrons. The number of amides is 4. The number of carbonyl (C=O) groups is 4. The molecular formula is C39H29BrClIN2O6.